The average Bonchev–Trinajstić information content (AvgIpc) is 2.99. The Hall–Kier alpha value is -2.33. The van der Waals surface area contributed by atoms with Crippen LogP contribution in [0.15, 0.2) is 54.6 Å². The molecule has 0 aromatic heterocycles. The van der Waals surface area contributed by atoms with Crippen LogP contribution >= 0.6 is 0 Å². The molecule has 5 atom stereocenters. The second kappa shape index (κ2) is 9.89. The number of para-hydroxylation sites is 1. The molecule has 3 aliphatic carbocycles. The first kappa shape index (κ1) is 22.5. The van der Waals surface area contributed by atoms with Crippen LogP contribution in [0.3, 0.4) is 0 Å². The third-order valence-corrected chi connectivity index (χ3v) is 8.47. The quantitative estimate of drug-likeness (QED) is 0.504. The van der Waals surface area contributed by atoms with Gasteiger partial charge in [-0.1, -0.05) is 49.6 Å². The third kappa shape index (κ3) is 5.43. The van der Waals surface area contributed by atoms with Crippen LogP contribution in [0.25, 0.3) is 0 Å². The summed E-state index contributed by atoms with van der Waals surface area (Å²) >= 11 is 0. The maximum atomic E-state index is 12.5. The molecule has 2 aromatic carbocycles. The van der Waals surface area contributed by atoms with Gasteiger partial charge in [0.05, 0.1) is 0 Å². The van der Waals surface area contributed by atoms with Gasteiger partial charge in [0.25, 0.3) is 0 Å². The maximum Gasteiger partial charge on any atom is 0.248 e. The Bertz CT molecular complexity index is 924. The molecule has 0 spiro atoms. The van der Waals surface area contributed by atoms with Gasteiger partial charge in [0.2, 0.25) is 5.91 Å². The normalized spacial score (nSPS) is 28.8. The van der Waals surface area contributed by atoms with Gasteiger partial charge in [-0.15, -0.1) is 0 Å². The van der Waals surface area contributed by atoms with Crippen LogP contribution in [0, 0.1) is 23.2 Å². The molecule has 0 saturated heterocycles. The zero-order valence-electron chi connectivity index (χ0n) is 19.5. The highest BCUT2D eigenvalue weighted by Crippen LogP contribution is 2.61. The predicted molar refractivity (Wildman–Crippen MR) is 130 cm³/mol. The number of hydrogen-bond donors (Lipinski definition) is 2. The van der Waals surface area contributed by atoms with Crippen molar-refractivity contribution < 1.29 is 14.6 Å². The molecule has 5 rings (SSSR count). The van der Waals surface area contributed by atoms with Gasteiger partial charge in [-0.2, -0.15) is 0 Å². The van der Waals surface area contributed by atoms with Gasteiger partial charge in [0, 0.05) is 6.54 Å². The van der Waals surface area contributed by atoms with Gasteiger partial charge in [-0.05, 0) is 97.9 Å². The monoisotopic (exact) mass is 447 g/mol. The minimum Gasteiger partial charge on any atom is -0.457 e. The van der Waals surface area contributed by atoms with Crippen LogP contribution in [-0.4, -0.2) is 23.7 Å². The number of ether oxygens (including phenoxy) is 1. The highest BCUT2D eigenvalue weighted by atomic mass is 16.5. The summed E-state index contributed by atoms with van der Waals surface area (Å²) < 4.78 is 5.83. The van der Waals surface area contributed by atoms with Crippen molar-refractivity contribution in [2.24, 2.45) is 23.2 Å². The van der Waals surface area contributed by atoms with E-state index in [2.05, 4.69) is 5.32 Å². The maximum absolute atomic E-state index is 12.5. The van der Waals surface area contributed by atoms with Crippen LogP contribution < -0.4 is 10.1 Å². The zero-order chi connectivity index (χ0) is 22.7. The van der Waals surface area contributed by atoms with Crippen molar-refractivity contribution in [1.82, 2.24) is 5.32 Å². The lowest BCUT2D eigenvalue weighted by Crippen LogP contribution is -2.37. The molecule has 1 amide bonds. The fourth-order valence-corrected chi connectivity index (χ4v) is 7.00. The van der Waals surface area contributed by atoms with Crippen molar-refractivity contribution in [2.75, 3.05) is 6.54 Å². The largest absolute Gasteiger partial charge is 0.457 e. The molecule has 0 aliphatic heterocycles. The summed E-state index contributed by atoms with van der Waals surface area (Å²) in [5.74, 6) is 4.11. The molecule has 3 fully saturated rings. The molecule has 4 heteroatoms. The zero-order valence-corrected chi connectivity index (χ0v) is 19.5. The molecular formula is C29H37NO3. The first-order valence-corrected chi connectivity index (χ1v) is 12.9. The molecule has 3 bridgehead atoms. The molecule has 3 saturated carbocycles. The van der Waals surface area contributed by atoms with Crippen LogP contribution in [0.1, 0.15) is 63.4 Å². The third-order valence-electron chi connectivity index (χ3n) is 8.47. The summed E-state index contributed by atoms with van der Waals surface area (Å²) in [4.78, 5) is 12.5. The van der Waals surface area contributed by atoms with Gasteiger partial charge in [0.15, 0.2) is 0 Å². The summed E-state index contributed by atoms with van der Waals surface area (Å²) in [5.41, 5.74) is 1.54. The molecular weight excluding hydrogens is 410 g/mol. The van der Waals surface area contributed by atoms with Gasteiger partial charge >= 0.3 is 0 Å². The molecule has 0 radical (unpaired) electrons. The fourth-order valence-electron chi connectivity index (χ4n) is 7.00. The Morgan fingerprint density at radius 3 is 2.58 bits per heavy atom. The molecule has 3 aliphatic rings. The highest BCUT2D eigenvalue weighted by Gasteiger charge is 2.51. The lowest BCUT2D eigenvalue weighted by molar-refractivity contribution is -0.130. The summed E-state index contributed by atoms with van der Waals surface area (Å²) in [5, 5.41) is 13.5. The number of benzene rings is 2. The van der Waals surface area contributed by atoms with E-state index in [4.69, 9.17) is 4.74 Å². The van der Waals surface area contributed by atoms with E-state index >= 15 is 0 Å². The second-order valence-electron chi connectivity index (χ2n) is 10.8. The van der Waals surface area contributed by atoms with Crippen molar-refractivity contribution in [1.29, 1.82) is 0 Å². The van der Waals surface area contributed by atoms with Crippen LogP contribution in [0.5, 0.6) is 11.5 Å². The molecule has 2 aromatic rings. The number of nitrogens with one attached hydrogen (secondary N) is 1. The van der Waals surface area contributed by atoms with Gasteiger partial charge < -0.3 is 15.2 Å². The number of carbonyl (C=O) groups excluding carboxylic acids is 1. The topological polar surface area (TPSA) is 58.6 Å². The number of carbonyl (C=O) groups is 1. The van der Waals surface area contributed by atoms with Gasteiger partial charge in [-0.3, -0.25) is 4.79 Å². The standard InChI is InChI=1S/C29H37NO3/c31-27(13-15-29-18-22-5-4-6-23(19-29)24(17-22)20-29)28(32)30-16-14-21-9-11-26(12-10-21)33-25-7-2-1-3-8-25/h1-3,7-12,22-24,27,31H,4-6,13-20H2,(H,30,32). The van der Waals surface area contributed by atoms with E-state index in [1.807, 2.05) is 54.6 Å². The Balaban J connectivity index is 1.04. The number of aliphatic hydroxyl groups excluding tert-OH is 1. The minimum atomic E-state index is -0.887. The number of hydrogen-bond acceptors (Lipinski definition) is 3. The summed E-state index contributed by atoms with van der Waals surface area (Å²) in [6.45, 7) is 0.534. The van der Waals surface area contributed by atoms with Crippen molar-refractivity contribution in [3.63, 3.8) is 0 Å². The molecule has 5 unspecified atom stereocenters. The molecule has 33 heavy (non-hydrogen) atoms. The highest BCUT2D eigenvalue weighted by molar-refractivity contribution is 5.80. The van der Waals surface area contributed by atoms with Gasteiger partial charge in [-0.25, -0.2) is 0 Å². The Morgan fingerprint density at radius 2 is 1.76 bits per heavy atom. The van der Waals surface area contributed by atoms with Gasteiger partial charge in [0.1, 0.15) is 17.6 Å². The summed E-state index contributed by atoms with van der Waals surface area (Å²) in [6.07, 6.45) is 11.1. The smallest absolute Gasteiger partial charge is 0.248 e. The van der Waals surface area contributed by atoms with E-state index < -0.39 is 6.10 Å². The van der Waals surface area contributed by atoms with Crippen LogP contribution in [-0.2, 0) is 11.2 Å². The Morgan fingerprint density at radius 1 is 1.00 bits per heavy atom. The summed E-state index contributed by atoms with van der Waals surface area (Å²) in [7, 11) is 0. The van der Waals surface area contributed by atoms with E-state index in [1.54, 1.807) is 0 Å². The Kier molecular flexibility index (Phi) is 6.73. The minimum absolute atomic E-state index is 0.221. The molecule has 4 nitrogen and oxygen atoms in total. The number of fused-ring (bicyclic) bond motifs is 2. The van der Waals surface area contributed by atoms with E-state index in [-0.39, 0.29) is 5.91 Å². The summed E-state index contributed by atoms with van der Waals surface area (Å²) in [6, 6.07) is 17.7. The number of rotatable bonds is 9. The van der Waals surface area contributed by atoms with E-state index in [0.29, 0.717) is 18.4 Å². The van der Waals surface area contributed by atoms with Crippen LogP contribution in [0.4, 0.5) is 0 Å². The van der Waals surface area contributed by atoms with Crippen molar-refractivity contribution >= 4 is 5.91 Å². The first-order valence-electron chi connectivity index (χ1n) is 12.9. The molecule has 0 heterocycles. The average molecular weight is 448 g/mol. The fraction of sp³-hybridized carbons (Fsp3) is 0.552. The SMILES string of the molecule is O=C(NCCc1ccc(Oc2ccccc2)cc1)C(O)CCC12CC3CCCC(C1)C(C3)C2. The molecule has 2 N–H and O–H groups in total. The van der Waals surface area contributed by atoms with E-state index in [9.17, 15) is 9.90 Å². The van der Waals surface area contributed by atoms with E-state index in [1.165, 1.54) is 44.9 Å². The van der Waals surface area contributed by atoms with Crippen molar-refractivity contribution in [3.8, 4) is 11.5 Å². The van der Waals surface area contributed by atoms with E-state index in [0.717, 1.165) is 47.7 Å². The predicted octanol–water partition coefficient (Wildman–Crippen LogP) is 5.89. The number of aliphatic hydroxyl groups is 1. The number of amides is 1. The first-order chi connectivity index (χ1) is 16.1. The van der Waals surface area contributed by atoms with Crippen molar-refractivity contribution in [3.05, 3.63) is 60.2 Å². The molecule has 176 valence electrons. The second-order valence-corrected chi connectivity index (χ2v) is 10.8. The van der Waals surface area contributed by atoms with Crippen molar-refractivity contribution in [2.45, 2.75) is 70.3 Å². The lowest BCUT2D eigenvalue weighted by atomic mass is 9.67. The van der Waals surface area contributed by atoms with Crippen LogP contribution in [0.2, 0.25) is 0 Å². The lowest BCUT2D eigenvalue weighted by Gasteiger charge is -2.38. The Labute approximate surface area is 197 Å².